The molecule has 2 saturated heterocycles. The highest BCUT2D eigenvalue weighted by atomic mass is 19.1. The first-order chi connectivity index (χ1) is 22.6. The first kappa shape index (κ1) is 33.3. The number of esters is 4. The molecule has 2 aliphatic carbocycles. The lowest BCUT2D eigenvalue weighted by molar-refractivity contribution is -0.217. The van der Waals surface area contributed by atoms with Crippen LogP contribution in [0.4, 0.5) is 4.39 Å². The van der Waals surface area contributed by atoms with Crippen LogP contribution in [0.2, 0.25) is 0 Å². The number of fused-ring (bicyclic) bond motifs is 7. The van der Waals surface area contributed by atoms with Crippen LogP contribution in [0.1, 0.15) is 98.3 Å². The summed E-state index contributed by atoms with van der Waals surface area (Å²) in [5.41, 5.74) is -10.2. The van der Waals surface area contributed by atoms with Gasteiger partial charge < -0.3 is 32.8 Å². The molecule has 0 radical (unpaired) electrons. The van der Waals surface area contributed by atoms with Gasteiger partial charge in [-0.05, 0) is 60.3 Å². The standard InChI is InChI=1S/C36H41FO12/c1-16-19-17(43-10)15-18-20(22(19)44-25(38)21(16)37)23(45-28(41)35-13-11-33(8,26(39)48-35)31(35,4)5)24(30(2,3)47-18)46-29(42)36-14-12-34(9,27(40)49-36)32(36,6)7/h15,23-24H,11-14H2,1-10H3/t23-,24-,33+,34+,35-,36-/m1/s1. The maximum Gasteiger partial charge on any atom is 0.372 e. The van der Waals surface area contributed by atoms with Crippen molar-refractivity contribution in [2.45, 2.75) is 117 Å². The number of carbonyl (C=O) groups is 4. The summed E-state index contributed by atoms with van der Waals surface area (Å²) in [5.74, 6) is -3.77. The Kier molecular flexibility index (Phi) is 6.49. The summed E-state index contributed by atoms with van der Waals surface area (Å²) in [7, 11) is 1.35. The lowest BCUT2D eigenvalue weighted by atomic mass is 9.66. The quantitative estimate of drug-likeness (QED) is 0.232. The summed E-state index contributed by atoms with van der Waals surface area (Å²) in [5, 5.41) is 0.0722. The van der Waals surface area contributed by atoms with Crippen LogP contribution >= 0.6 is 0 Å². The lowest BCUT2D eigenvalue weighted by Crippen LogP contribution is -2.57. The van der Waals surface area contributed by atoms with Crippen molar-refractivity contribution >= 4 is 34.8 Å². The molecule has 2 saturated carbocycles. The SMILES string of the molecule is COc1cc2c(c3oc(=O)c(F)c(C)c13)[C@@H](OC(=O)[C@@]13CC[C@@](C)(C(=O)O1)C3(C)C)[C@@H](OC(=O)[C@@]13CC[C@@](C)(C(=O)O1)C3(C)C)C(C)(C)O2. The molecule has 1 aromatic heterocycles. The fraction of sp³-hybridized carbons (Fsp3) is 0.639. The molecule has 12 nitrogen and oxygen atoms in total. The Labute approximate surface area is 281 Å². The monoisotopic (exact) mass is 684 g/mol. The van der Waals surface area contributed by atoms with Crippen LogP contribution in [0.5, 0.6) is 11.5 Å². The van der Waals surface area contributed by atoms with Gasteiger partial charge in [0.15, 0.2) is 17.8 Å². The van der Waals surface area contributed by atoms with E-state index < -0.39 is 86.0 Å². The highest BCUT2D eigenvalue weighted by Crippen LogP contribution is 2.68. The zero-order chi connectivity index (χ0) is 36.1. The molecule has 6 atom stereocenters. The van der Waals surface area contributed by atoms with Crippen LogP contribution < -0.4 is 15.1 Å². The van der Waals surface area contributed by atoms with E-state index in [4.69, 9.17) is 32.8 Å². The largest absolute Gasteiger partial charge is 0.496 e. The van der Waals surface area contributed by atoms with E-state index in [0.717, 1.165) is 0 Å². The minimum absolute atomic E-state index is 0.0165. The highest BCUT2D eigenvalue weighted by Gasteiger charge is 2.78. The van der Waals surface area contributed by atoms with Crippen molar-refractivity contribution in [1.29, 1.82) is 0 Å². The Bertz CT molecular complexity index is 1960. The number of carbonyl (C=O) groups excluding carboxylic acids is 4. The molecule has 4 bridgehead atoms. The van der Waals surface area contributed by atoms with Gasteiger partial charge in [-0.25, -0.2) is 14.4 Å². The predicted octanol–water partition coefficient (Wildman–Crippen LogP) is 5.16. The van der Waals surface area contributed by atoms with Crippen LogP contribution in [-0.2, 0) is 38.1 Å². The van der Waals surface area contributed by atoms with Gasteiger partial charge in [-0.3, -0.25) is 9.59 Å². The van der Waals surface area contributed by atoms with Crippen molar-refractivity contribution in [1.82, 2.24) is 0 Å². The van der Waals surface area contributed by atoms with Crippen LogP contribution in [0.25, 0.3) is 11.0 Å². The van der Waals surface area contributed by atoms with Gasteiger partial charge in [-0.2, -0.15) is 4.39 Å². The number of halogens is 1. The number of methoxy groups -OCH3 is 1. The Morgan fingerprint density at radius 3 is 1.76 bits per heavy atom. The molecule has 13 heteroatoms. The molecule has 4 fully saturated rings. The predicted molar refractivity (Wildman–Crippen MR) is 167 cm³/mol. The molecule has 3 aliphatic heterocycles. The average Bonchev–Trinajstić information content (AvgIpc) is 3.48. The van der Waals surface area contributed by atoms with E-state index in [1.165, 1.54) is 20.1 Å². The van der Waals surface area contributed by atoms with Gasteiger partial charge in [0.05, 0.1) is 28.9 Å². The van der Waals surface area contributed by atoms with E-state index in [1.54, 1.807) is 55.4 Å². The van der Waals surface area contributed by atoms with E-state index in [-0.39, 0.29) is 46.4 Å². The third-order valence-corrected chi connectivity index (χ3v) is 13.5. The fourth-order valence-corrected chi connectivity index (χ4v) is 9.01. The first-order valence-corrected chi connectivity index (χ1v) is 16.5. The molecule has 49 heavy (non-hydrogen) atoms. The normalized spacial score (nSPS) is 35.7. The van der Waals surface area contributed by atoms with Crippen molar-refractivity contribution in [3.05, 3.63) is 33.4 Å². The second kappa shape index (κ2) is 9.54. The van der Waals surface area contributed by atoms with E-state index in [9.17, 15) is 24.0 Å². The Hall–Kier alpha value is -4.16. The zero-order valence-electron chi connectivity index (χ0n) is 29.3. The van der Waals surface area contributed by atoms with Crippen molar-refractivity contribution < 1.29 is 56.4 Å². The highest BCUT2D eigenvalue weighted by molar-refractivity contribution is 5.96. The lowest BCUT2D eigenvalue weighted by Gasteiger charge is -2.46. The van der Waals surface area contributed by atoms with Crippen molar-refractivity contribution in [3.63, 3.8) is 0 Å². The molecule has 264 valence electrons. The maximum atomic E-state index is 15.0. The van der Waals surface area contributed by atoms with Gasteiger partial charge in [0.2, 0.25) is 17.0 Å². The molecule has 0 unspecified atom stereocenters. The topological polar surface area (TPSA) is 154 Å². The second-order valence-electron chi connectivity index (χ2n) is 16.2. The molecule has 0 spiro atoms. The third kappa shape index (κ3) is 3.66. The molecule has 0 N–H and O–H groups in total. The van der Waals surface area contributed by atoms with Crippen LogP contribution in [0.3, 0.4) is 0 Å². The Balaban J connectivity index is 1.41. The van der Waals surface area contributed by atoms with Gasteiger partial charge in [0.25, 0.3) is 0 Å². The summed E-state index contributed by atoms with van der Waals surface area (Å²) >= 11 is 0. The first-order valence-electron chi connectivity index (χ1n) is 16.5. The summed E-state index contributed by atoms with van der Waals surface area (Å²) in [4.78, 5) is 67.9. The van der Waals surface area contributed by atoms with Crippen molar-refractivity contribution in [2.75, 3.05) is 7.11 Å². The second-order valence-corrected chi connectivity index (χ2v) is 16.2. The summed E-state index contributed by atoms with van der Waals surface area (Å²) < 4.78 is 56.7. The van der Waals surface area contributed by atoms with E-state index in [1.807, 2.05) is 0 Å². The molecular weight excluding hydrogens is 643 g/mol. The third-order valence-electron chi connectivity index (χ3n) is 13.5. The van der Waals surface area contributed by atoms with E-state index in [0.29, 0.717) is 12.8 Å². The van der Waals surface area contributed by atoms with Gasteiger partial charge in [0, 0.05) is 22.5 Å². The maximum absolute atomic E-state index is 15.0. The minimum atomic E-state index is -1.68. The molecule has 1 aromatic carbocycles. The Morgan fingerprint density at radius 1 is 0.796 bits per heavy atom. The molecule has 2 aromatic rings. The average molecular weight is 685 g/mol. The molecule has 7 rings (SSSR count). The van der Waals surface area contributed by atoms with Crippen molar-refractivity contribution in [3.8, 4) is 11.5 Å². The minimum Gasteiger partial charge on any atom is -0.496 e. The van der Waals surface area contributed by atoms with E-state index >= 15 is 4.39 Å². The van der Waals surface area contributed by atoms with Gasteiger partial charge in [-0.1, -0.05) is 27.7 Å². The fourth-order valence-electron chi connectivity index (χ4n) is 9.01. The van der Waals surface area contributed by atoms with Gasteiger partial charge in [-0.15, -0.1) is 0 Å². The number of hydrogen-bond acceptors (Lipinski definition) is 12. The number of ether oxygens (including phenoxy) is 6. The van der Waals surface area contributed by atoms with Crippen LogP contribution in [0, 0.1) is 34.4 Å². The van der Waals surface area contributed by atoms with Gasteiger partial charge in [0.1, 0.15) is 17.1 Å². The van der Waals surface area contributed by atoms with E-state index in [2.05, 4.69) is 0 Å². The Morgan fingerprint density at radius 2 is 1.31 bits per heavy atom. The number of rotatable bonds is 5. The van der Waals surface area contributed by atoms with Crippen LogP contribution in [-0.4, -0.2) is 53.9 Å². The van der Waals surface area contributed by atoms with Gasteiger partial charge >= 0.3 is 29.5 Å². The zero-order valence-corrected chi connectivity index (χ0v) is 29.3. The molecule has 5 aliphatic rings. The summed E-state index contributed by atoms with van der Waals surface area (Å²) in [6.45, 7) is 15.2. The number of aryl methyl sites for hydroxylation is 1. The van der Waals surface area contributed by atoms with Crippen molar-refractivity contribution in [2.24, 2.45) is 21.7 Å². The summed E-state index contributed by atoms with van der Waals surface area (Å²) in [6.07, 6.45) is -1.84. The molecule has 4 heterocycles. The molecule has 0 amide bonds. The molecular formula is C36H41FO12. The smallest absolute Gasteiger partial charge is 0.372 e. The number of hydrogen-bond donors (Lipinski definition) is 0. The van der Waals surface area contributed by atoms with Crippen LogP contribution in [0.15, 0.2) is 15.3 Å². The summed E-state index contributed by atoms with van der Waals surface area (Å²) in [6, 6.07) is 1.46. The number of benzene rings is 1.